The van der Waals surface area contributed by atoms with Gasteiger partial charge in [-0.3, -0.25) is 9.59 Å². The number of rotatable bonds is 5. The summed E-state index contributed by atoms with van der Waals surface area (Å²) in [6.45, 7) is 2.27. The Balaban J connectivity index is 1.58. The van der Waals surface area contributed by atoms with Gasteiger partial charge >= 0.3 is 0 Å². The minimum Gasteiger partial charge on any atom is -0.481 e. The van der Waals surface area contributed by atoms with Gasteiger partial charge in [0.05, 0.1) is 10.9 Å². The molecule has 0 aliphatic carbocycles. The van der Waals surface area contributed by atoms with Gasteiger partial charge in [-0.15, -0.1) is 0 Å². The fourth-order valence-corrected chi connectivity index (χ4v) is 3.24. The molecule has 2 amide bonds. The highest BCUT2D eigenvalue weighted by molar-refractivity contribution is 6.30. The number of pyridine rings is 1. The van der Waals surface area contributed by atoms with Gasteiger partial charge in [-0.2, -0.15) is 0 Å². The van der Waals surface area contributed by atoms with Crippen LogP contribution in [0.4, 0.5) is 14.6 Å². The molecule has 1 saturated heterocycles. The summed E-state index contributed by atoms with van der Waals surface area (Å²) in [4.78, 5) is 30.8. The summed E-state index contributed by atoms with van der Waals surface area (Å²) in [6.07, 6.45) is 1.84. The number of anilines is 1. The van der Waals surface area contributed by atoms with E-state index < -0.39 is 17.7 Å². The molecule has 3 rings (SSSR count). The van der Waals surface area contributed by atoms with Crippen molar-refractivity contribution in [2.24, 2.45) is 5.92 Å². The predicted octanol–water partition coefficient (Wildman–Crippen LogP) is 3.66. The Morgan fingerprint density at radius 1 is 1.28 bits per heavy atom. The van der Waals surface area contributed by atoms with E-state index in [4.69, 9.17) is 16.3 Å². The Kier molecular flexibility index (Phi) is 6.64. The van der Waals surface area contributed by atoms with Gasteiger partial charge < -0.3 is 15.0 Å². The molecule has 1 aliphatic heterocycles. The van der Waals surface area contributed by atoms with E-state index in [9.17, 15) is 18.4 Å². The van der Waals surface area contributed by atoms with Crippen LogP contribution in [0.15, 0.2) is 36.5 Å². The van der Waals surface area contributed by atoms with Crippen LogP contribution in [0.3, 0.4) is 0 Å². The second-order valence-corrected chi connectivity index (χ2v) is 7.25. The van der Waals surface area contributed by atoms with Gasteiger partial charge in [-0.25, -0.2) is 13.8 Å². The molecule has 1 aromatic heterocycles. The van der Waals surface area contributed by atoms with Crippen LogP contribution in [0.5, 0.6) is 5.75 Å². The SMILES string of the molecule is CC(Oc1ccc(F)c(F)c1)C(=O)N1CCCC(C(=O)Nc2ccc(Cl)cn2)C1. The fraction of sp³-hybridized carbons (Fsp3) is 0.350. The lowest BCUT2D eigenvalue weighted by Crippen LogP contribution is -2.48. The third kappa shape index (κ3) is 5.41. The van der Waals surface area contributed by atoms with Gasteiger partial charge in [-0.1, -0.05) is 11.6 Å². The summed E-state index contributed by atoms with van der Waals surface area (Å²) in [7, 11) is 0. The number of likely N-dealkylation sites (tertiary alicyclic amines) is 1. The topological polar surface area (TPSA) is 71.5 Å². The number of hydrogen-bond acceptors (Lipinski definition) is 4. The largest absolute Gasteiger partial charge is 0.481 e. The van der Waals surface area contributed by atoms with E-state index in [-0.39, 0.29) is 30.0 Å². The van der Waals surface area contributed by atoms with E-state index in [1.54, 1.807) is 17.0 Å². The Hall–Kier alpha value is -2.74. The molecule has 29 heavy (non-hydrogen) atoms. The van der Waals surface area contributed by atoms with Gasteiger partial charge in [0.15, 0.2) is 17.7 Å². The summed E-state index contributed by atoms with van der Waals surface area (Å²) in [6, 6.07) is 6.31. The third-order valence-corrected chi connectivity index (χ3v) is 4.86. The Morgan fingerprint density at radius 2 is 2.07 bits per heavy atom. The standard InChI is InChI=1S/C20H20ClF2N3O3/c1-12(29-15-5-6-16(22)17(23)9-15)20(28)26-8-2-3-13(11-26)19(27)25-18-7-4-14(21)10-24-18/h4-7,9-10,12-13H,2-3,8,11H2,1H3,(H,24,25,27). The molecule has 9 heteroatoms. The lowest BCUT2D eigenvalue weighted by atomic mass is 9.96. The third-order valence-electron chi connectivity index (χ3n) is 4.63. The zero-order chi connectivity index (χ0) is 21.0. The number of benzene rings is 1. The lowest BCUT2D eigenvalue weighted by molar-refractivity contribution is -0.140. The van der Waals surface area contributed by atoms with Crippen LogP contribution in [0.1, 0.15) is 19.8 Å². The molecule has 1 fully saturated rings. The molecule has 2 unspecified atom stereocenters. The van der Waals surface area contributed by atoms with Crippen LogP contribution < -0.4 is 10.1 Å². The maximum Gasteiger partial charge on any atom is 0.263 e. The number of halogens is 3. The van der Waals surface area contributed by atoms with Crippen molar-refractivity contribution in [2.45, 2.75) is 25.9 Å². The maximum atomic E-state index is 13.3. The molecule has 1 N–H and O–H groups in total. The first-order chi connectivity index (χ1) is 13.8. The van der Waals surface area contributed by atoms with E-state index in [1.807, 2.05) is 0 Å². The van der Waals surface area contributed by atoms with E-state index in [0.717, 1.165) is 12.1 Å². The van der Waals surface area contributed by atoms with Gasteiger partial charge in [0, 0.05) is 25.4 Å². The predicted molar refractivity (Wildman–Crippen MR) is 104 cm³/mol. The number of amides is 2. The van der Waals surface area contributed by atoms with Gasteiger partial charge in [0.1, 0.15) is 11.6 Å². The number of aromatic nitrogens is 1. The van der Waals surface area contributed by atoms with Crippen LogP contribution in [0.25, 0.3) is 0 Å². The molecular weight excluding hydrogens is 404 g/mol. The van der Waals surface area contributed by atoms with Crippen molar-refractivity contribution in [3.8, 4) is 5.75 Å². The van der Waals surface area contributed by atoms with Crippen molar-refractivity contribution >= 4 is 29.2 Å². The fourth-order valence-electron chi connectivity index (χ4n) is 3.13. The Labute approximate surface area is 171 Å². The lowest BCUT2D eigenvalue weighted by Gasteiger charge is -2.33. The number of nitrogens with zero attached hydrogens (tertiary/aromatic N) is 2. The van der Waals surface area contributed by atoms with Crippen molar-refractivity contribution in [1.82, 2.24) is 9.88 Å². The van der Waals surface area contributed by atoms with Crippen molar-refractivity contribution < 1.29 is 23.1 Å². The molecule has 6 nitrogen and oxygen atoms in total. The molecule has 2 aromatic rings. The Bertz CT molecular complexity index is 895. The molecule has 1 aliphatic rings. The summed E-state index contributed by atoms with van der Waals surface area (Å²) in [5.74, 6) is -2.53. The van der Waals surface area contributed by atoms with Crippen LogP contribution in [0, 0.1) is 17.6 Å². The van der Waals surface area contributed by atoms with E-state index in [1.165, 1.54) is 19.2 Å². The number of carbonyl (C=O) groups excluding carboxylic acids is 2. The second kappa shape index (κ2) is 9.17. The Morgan fingerprint density at radius 3 is 2.76 bits per heavy atom. The molecule has 0 spiro atoms. The summed E-state index contributed by atoms with van der Waals surface area (Å²) < 4.78 is 31.8. The van der Waals surface area contributed by atoms with E-state index >= 15 is 0 Å². The molecule has 2 heterocycles. The molecule has 154 valence electrons. The summed E-state index contributed by atoms with van der Waals surface area (Å²) in [5.41, 5.74) is 0. The molecule has 0 radical (unpaired) electrons. The number of carbonyl (C=O) groups is 2. The minimum atomic E-state index is -1.05. The first-order valence-electron chi connectivity index (χ1n) is 9.16. The van der Waals surface area contributed by atoms with Crippen molar-refractivity contribution in [2.75, 3.05) is 18.4 Å². The summed E-state index contributed by atoms with van der Waals surface area (Å²) in [5, 5.41) is 3.19. The highest BCUT2D eigenvalue weighted by Crippen LogP contribution is 2.22. The average molecular weight is 424 g/mol. The van der Waals surface area contributed by atoms with Gasteiger partial charge in [0.2, 0.25) is 5.91 Å². The minimum absolute atomic E-state index is 0.0601. The quantitative estimate of drug-likeness (QED) is 0.796. The highest BCUT2D eigenvalue weighted by atomic mass is 35.5. The molecule has 2 atom stereocenters. The molecule has 0 bridgehead atoms. The smallest absolute Gasteiger partial charge is 0.263 e. The molecular formula is C20H20ClF2N3O3. The average Bonchev–Trinajstić information content (AvgIpc) is 2.72. The van der Waals surface area contributed by atoms with Crippen molar-refractivity contribution in [3.63, 3.8) is 0 Å². The highest BCUT2D eigenvalue weighted by Gasteiger charge is 2.31. The van der Waals surface area contributed by atoms with Gasteiger partial charge in [0.25, 0.3) is 5.91 Å². The first-order valence-corrected chi connectivity index (χ1v) is 9.54. The maximum absolute atomic E-state index is 13.3. The number of ether oxygens (including phenoxy) is 1. The van der Waals surface area contributed by atoms with E-state index in [0.29, 0.717) is 30.2 Å². The van der Waals surface area contributed by atoms with Crippen LogP contribution in [0.2, 0.25) is 5.02 Å². The number of nitrogens with one attached hydrogen (secondary N) is 1. The van der Waals surface area contributed by atoms with Crippen LogP contribution in [-0.2, 0) is 9.59 Å². The van der Waals surface area contributed by atoms with Crippen molar-refractivity contribution in [3.05, 3.63) is 53.2 Å². The number of hydrogen-bond donors (Lipinski definition) is 1. The zero-order valence-electron chi connectivity index (χ0n) is 15.7. The number of piperidine rings is 1. The summed E-state index contributed by atoms with van der Waals surface area (Å²) >= 11 is 5.78. The molecule has 0 saturated carbocycles. The van der Waals surface area contributed by atoms with Gasteiger partial charge in [-0.05, 0) is 44.0 Å². The monoisotopic (exact) mass is 423 g/mol. The molecule has 1 aromatic carbocycles. The zero-order valence-corrected chi connectivity index (χ0v) is 16.5. The van der Waals surface area contributed by atoms with E-state index in [2.05, 4.69) is 10.3 Å². The first kappa shape index (κ1) is 21.0. The normalized spacial score (nSPS) is 17.5. The van der Waals surface area contributed by atoms with Crippen molar-refractivity contribution in [1.29, 1.82) is 0 Å². The van der Waals surface area contributed by atoms with Crippen LogP contribution in [-0.4, -0.2) is 40.9 Å². The second-order valence-electron chi connectivity index (χ2n) is 6.81. The van der Waals surface area contributed by atoms with Crippen LogP contribution >= 0.6 is 11.6 Å².